The highest BCUT2D eigenvalue weighted by Gasteiger charge is 2.54. The average molecular weight is 807 g/mol. The molecule has 0 bridgehead atoms. The van der Waals surface area contributed by atoms with E-state index in [0.29, 0.717) is 0 Å². The number of nitrogens with one attached hydrogen (secondary N) is 1. The van der Waals surface area contributed by atoms with Crippen molar-refractivity contribution in [3.8, 4) is 0 Å². The van der Waals surface area contributed by atoms with Crippen molar-refractivity contribution >= 4 is 10.1 Å². The van der Waals surface area contributed by atoms with Crippen LogP contribution in [0.25, 0.3) is 0 Å². The van der Waals surface area contributed by atoms with Crippen molar-refractivity contribution in [1.82, 2.24) is 9.55 Å². The molecule has 0 amide bonds. The highest BCUT2D eigenvalue weighted by molar-refractivity contribution is 7.86. The smallest absolute Gasteiger partial charge is 0.330 e. The van der Waals surface area contributed by atoms with E-state index in [1.165, 1.54) is 16.8 Å². The van der Waals surface area contributed by atoms with Gasteiger partial charge in [0.05, 0.1) is 12.9 Å². The van der Waals surface area contributed by atoms with Gasteiger partial charge in [0, 0.05) is 12.3 Å². The molecule has 1 aromatic heterocycles. The van der Waals surface area contributed by atoms with Gasteiger partial charge in [-0.2, -0.15) is 8.42 Å². The van der Waals surface area contributed by atoms with Crippen LogP contribution in [0.2, 0.25) is 0 Å². The third-order valence-electron chi connectivity index (χ3n) is 10.6. The molecule has 2 heterocycles. The number of aromatic nitrogens is 2. The van der Waals surface area contributed by atoms with Crippen molar-refractivity contribution < 1.29 is 26.8 Å². The molecule has 1 N–H and O–H groups in total. The second kappa shape index (κ2) is 16.9. The first-order valence-electron chi connectivity index (χ1n) is 19.2. The zero-order valence-corrected chi connectivity index (χ0v) is 32.9. The van der Waals surface area contributed by atoms with Crippen LogP contribution in [0.1, 0.15) is 39.6 Å². The Balaban J connectivity index is 1.33. The summed E-state index contributed by atoms with van der Waals surface area (Å²) >= 11 is 0. The molecule has 7 aromatic rings. The maximum atomic E-state index is 13.7. The zero-order valence-electron chi connectivity index (χ0n) is 32.1. The van der Waals surface area contributed by atoms with Crippen LogP contribution in [-0.2, 0) is 39.7 Å². The number of hydrogen-bond donors (Lipinski definition) is 1. The van der Waals surface area contributed by atoms with Crippen LogP contribution in [0.5, 0.6) is 0 Å². The first-order chi connectivity index (χ1) is 28.7. The lowest BCUT2D eigenvalue weighted by molar-refractivity contribution is -0.123. The molecule has 4 atom stereocenters. The summed E-state index contributed by atoms with van der Waals surface area (Å²) in [5, 5.41) is 0. The number of rotatable bonds is 14. The van der Waals surface area contributed by atoms with Gasteiger partial charge in [-0.25, -0.2) is 4.79 Å². The summed E-state index contributed by atoms with van der Waals surface area (Å²) in [6.07, 6.45) is -2.92. The predicted octanol–water partition coefficient (Wildman–Crippen LogP) is 7.16. The van der Waals surface area contributed by atoms with Gasteiger partial charge in [0.2, 0.25) is 0 Å². The fraction of sp³-hybridized carbons (Fsp3) is 0.167. The van der Waals surface area contributed by atoms with E-state index in [0.717, 1.165) is 39.6 Å². The van der Waals surface area contributed by atoms with Crippen LogP contribution in [0.15, 0.2) is 204 Å². The lowest BCUT2D eigenvalue weighted by Crippen LogP contribution is -2.47. The van der Waals surface area contributed by atoms with Crippen LogP contribution in [0, 0.1) is 0 Å². The molecule has 1 fully saturated rings. The molecule has 1 saturated heterocycles. The van der Waals surface area contributed by atoms with Crippen LogP contribution in [0.3, 0.4) is 0 Å². The number of hydrogen-bond acceptors (Lipinski definition) is 8. The first-order valence-corrected chi connectivity index (χ1v) is 21.0. The van der Waals surface area contributed by atoms with E-state index in [1.54, 1.807) is 0 Å². The Labute approximate surface area is 342 Å². The van der Waals surface area contributed by atoms with Gasteiger partial charge in [0.25, 0.3) is 15.7 Å². The van der Waals surface area contributed by atoms with Gasteiger partial charge >= 0.3 is 5.69 Å². The van der Waals surface area contributed by atoms with Crippen molar-refractivity contribution in [2.24, 2.45) is 0 Å². The highest BCUT2D eigenvalue weighted by Crippen LogP contribution is 2.47. The highest BCUT2D eigenvalue weighted by atomic mass is 32.2. The summed E-state index contributed by atoms with van der Waals surface area (Å²) in [6, 6.07) is 59.0. The molecule has 1 aliphatic heterocycles. The van der Waals surface area contributed by atoms with Crippen molar-refractivity contribution in [1.29, 1.82) is 0 Å². The van der Waals surface area contributed by atoms with E-state index in [9.17, 15) is 18.0 Å². The number of nitrogens with zero attached hydrogens (tertiary/aromatic N) is 1. The Morgan fingerprint density at radius 1 is 0.559 bits per heavy atom. The Hall–Kier alpha value is -6.21. The SMILES string of the molecule is CS(=O)(=O)O[C@@H]1[C@@H](OC(c2ccccc2)(c2ccccc2)c2ccccc2)[C@@H](n2ccc(=O)[nH]c2=O)O[C@H]1COC(c1ccccc1)(c1ccccc1)c1ccccc1. The fourth-order valence-electron chi connectivity index (χ4n) is 8.04. The molecule has 10 nitrogen and oxygen atoms in total. The normalized spacial score (nSPS) is 18.4. The van der Waals surface area contributed by atoms with E-state index >= 15 is 0 Å². The van der Waals surface area contributed by atoms with Gasteiger partial charge < -0.3 is 14.2 Å². The van der Waals surface area contributed by atoms with Gasteiger partial charge in [-0.15, -0.1) is 0 Å². The maximum Gasteiger partial charge on any atom is 0.330 e. The monoisotopic (exact) mass is 806 g/mol. The quantitative estimate of drug-likeness (QED) is 0.0907. The van der Waals surface area contributed by atoms with Crippen LogP contribution in [-0.4, -0.2) is 49.1 Å². The van der Waals surface area contributed by atoms with Gasteiger partial charge in [-0.1, -0.05) is 182 Å². The second-order valence-corrected chi connectivity index (χ2v) is 15.9. The molecule has 0 unspecified atom stereocenters. The lowest BCUT2D eigenvalue weighted by atomic mass is 9.79. The molecule has 0 aliphatic carbocycles. The lowest BCUT2D eigenvalue weighted by Gasteiger charge is -2.40. The Morgan fingerprint density at radius 2 is 0.932 bits per heavy atom. The number of ether oxygens (including phenoxy) is 3. The summed E-state index contributed by atoms with van der Waals surface area (Å²) in [5.41, 5.74) is 0.586. The Kier molecular flexibility index (Phi) is 11.4. The minimum Gasteiger partial charge on any atom is -0.358 e. The van der Waals surface area contributed by atoms with Crippen molar-refractivity contribution in [2.45, 2.75) is 35.7 Å². The van der Waals surface area contributed by atoms with Crippen molar-refractivity contribution in [3.63, 3.8) is 0 Å². The maximum absolute atomic E-state index is 13.7. The fourth-order valence-corrected chi connectivity index (χ4v) is 8.68. The summed E-state index contributed by atoms with van der Waals surface area (Å²) in [4.78, 5) is 28.4. The van der Waals surface area contributed by atoms with E-state index < -0.39 is 57.1 Å². The topological polar surface area (TPSA) is 126 Å². The van der Waals surface area contributed by atoms with E-state index in [2.05, 4.69) is 4.98 Å². The summed E-state index contributed by atoms with van der Waals surface area (Å²) in [6.45, 7) is -0.234. The number of H-pyrrole nitrogens is 1. The molecule has 0 radical (unpaired) electrons. The number of benzene rings is 6. The zero-order chi connectivity index (χ0) is 40.9. The Bertz CT molecular complexity index is 2490. The predicted molar refractivity (Wildman–Crippen MR) is 224 cm³/mol. The molecule has 8 rings (SSSR count). The standard InChI is InChI=1S/C48H42N2O8S/c1-59(53,54)58-43-41(34-55-47(35-20-8-2-9-21-35,36-22-10-3-11-23-36)37-24-12-4-13-25-37)56-45(50-33-32-42(51)49-46(50)52)44(43)57-48(38-26-14-5-15-27-38,39-28-16-6-17-29-39)40-30-18-7-19-31-40/h2-33,41,43-45H,34H2,1H3,(H,49,51,52)/t41-,43-,44+,45-/m0/s1. The molecule has 6 aromatic carbocycles. The molecule has 59 heavy (non-hydrogen) atoms. The first kappa shape index (κ1) is 39.6. The van der Waals surface area contributed by atoms with E-state index in [-0.39, 0.29) is 6.61 Å². The molecule has 0 saturated carbocycles. The third kappa shape index (κ3) is 7.99. The van der Waals surface area contributed by atoms with Gasteiger partial charge in [-0.05, 0) is 33.4 Å². The van der Waals surface area contributed by atoms with Crippen molar-refractivity contribution in [2.75, 3.05) is 12.9 Å². The Morgan fingerprint density at radius 3 is 1.29 bits per heavy atom. The third-order valence-corrected chi connectivity index (χ3v) is 11.1. The minimum absolute atomic E-state index is 0.234. The van der Waals surface area contributed by atoms with Crippen molar-refractivity contribution in [3.05, 3.63) is 248 Å². The number of aromatic amines is 1. The summed E-state index contributed by atoms with van der Waals surface area (Å²) < 4.78 is 55.4. The molecule has 298 valence electrons. The molecule has 1 aliphatic rings. The van der Waals surface area contributed by atoms with Crippen LogP contribution >= 0.6 is 0 Å². The summed E-state index contributed by atoms with van der Waals surface area (Å²) in [7, 11) is -4.22. The van der Waals surface area contributed by atoms with Gasteiger partial charge in [-0.3, -0.25) is 18.5 Å². The largest absolute Gasteiger partial charge is 0.358 e. The minimum atomic E-state index is -4.22. The average Bonchev–Trinajstić information content (AvgIpc) is 3.59. The van der Waals surface area contributed by atoms with Crippen LogP contribution in [0.4, 0.5) is 0 Å². The molecule has 0 spiro atoms. The van der Waals surface area contributed by atoms with Crippen LogP contribution < -0.4 is 11.2 Å². The van der Waals surface area contributed by atoms with E-state index in [1.807, 2.05) is 182 Å². The summed E-state index contributed by atoms with van der Waals surface area (Å²) in [5.74, 6) is 0. The molecule has 11 heteroatoms. The van der Waals surface area contributed by atoms with E-state index in [4.69, 9.17) is 18.4 Å². The van der Waals surface area contributed by atoms with Gasteiger partial charge in [0.1, 0.15) is 29.5 Å². The van der Waals surface area contributed by atoms with Gasteiger partial charge in [0.15, 0.2) is 6.23 Å². The molecular weight excluding hydrogens is 765 g/mol. The molecular formula is C48H42N2O8S. The second-order valence-electron chi connectivity index (χ2n) is 14.3.